The van der Waals surface area contributed by atoms with Gasteiger partial charge in [-0.2, -0.15) is 5.26 Å². The van der Waals surface area contributed by atoms with E-state index >= 15 is 0 Å². The number of hydrogen-bond acceptors (Lipinski definition) is 5. The number of rotatable bonds is 5. The van der Waals surface area contributed by atoms with Crippen molar-refractivity contribution in [1.29, 1.82) is 5.26 Å². The Bertz CT molecular complexity index is 1400. The maximum Gasteiger partial charge on any atom is 0.337 e. The molecule has 0 saturated carbocycles. The van der Waals surface area contributed by atoms with E-state index in [9.17, 15) is 10.1 Å². The van der Waals surface area contributed by atoms with Crippen molar-refractivity contribution in [2.45, 2.75) is 51.2 Å². The summed E-state index contributed by atoms with van der Waals surface area (Å²) in [5.74, 6) is -0.371. The molecule has 7 nitrogen and oxygen atoms in total. The number of nitriles is 1. The van der Waals surface area contributed by atoms with E-state index in [2.05, 4.69) is 28.0 Å². The number of fused-ring (bicyclic) bond motifs is 2. The van der Waals surface area contributed by atoms with Crippen LogP contribution in [-0.4, -0.2) is 34.5 Å². The number of nitrogens with one attached hydrogen (secondary N) is 1. The highest BCUT2D eigenvalue weighted by molar-refractivity contribution is 6.05. The predicted octanol–water partition coefficient (Wildman–Crippen LogP) is 5.86. The molecule has 1 N–H and O–H groups in total. The molecule has 34 heavy (non-hydrogen) atoms. The molecule has 4 aromatic rings. The Kier molecular flexibility index (Phi) is 5.62. The maximum absolute atomic E-state index is 12.0. The van der Waals surface area contributed by atoms with Gasteiger partial charge in [0.25, 0.3) is 0 Å². The molecule has 0 radical (unpaired) electrons. The molecule has 1 atom stereocenters. The van der Waals surface area contributed by atoms with Gasteiger partial charge in [0.1, 0.15) is 6.23 Å². The molecule has 1 aliphatic heterocycles. The summed E-state index contributed by atoms with van der Waals surface area (Å²) in [6.45, 7) is 4.86. The van der Waals surface area contributed by atoms with Crippen LogP contribution in [0.2, 0.25) is 0 Å². The van der Waals surface area contributed by atoms with Crippen molar-refractivity contribution in [3.8, 4) is 17.2 Å². The highest BCUT2D eigenvalue weighted by Crippen LogP contribution is 2.42. The molecule has 1 aliphatic rings. The van der Waals surface area contributed by atoms with Gasteiger partial charge >= 0.3 is 5.97 Å². The number of ether oxygens (including phenoxy) is 2. The van der Waals surface area contributed by atoms with Gasteiger partial charge in [-0.1, -0.05) is 26.0 Å². The third-order valence-corrected chi connectivity index (χ3v) is 6.70. The average Bonchev–Trinajstić information content (AvgIpc) is 3.44. The number of hydrogen-bond donors (Lipinski definition) is 1. The summed E-state index contributed by atoms with van der Waals surface area (Å²) in [4.78, 5) is 17.0. The van der Waals surface area contributed by atoms with E-state index in [1.165, 1.54) is 7.11 Å². The second-order valence-corrected chi connectivity index (χ2v) is 9.52. The zero-order valence-electron chi connectivity index (χ0n) is 19.7. The Labute approximate surface area is 198 Å². The number of aromatic nitrogens is 3. The third-order valence-electron chi connectivity index (χ3n) is 6.70. The van der Waals surface area contributed by atoms with Gasteiger partial charge in [0.05, 0.1) is 35.5 Å². The van der Waals surface area contributed by atoms with Crippen LogP contribution in [0, 0.1) is 11.3 Å². The number of methoxy groups -OCH3 is 1. The molecule has 0 aliphatic carbocycles. The van der Waals surface area contributed by atoms with Gasteiger partial charge in [-0.25, -0.2) is 4.79 Å². The number of benzene rings is 2. The van der Waals surface area contributed by atoms with Crippen molar-refractivity contribution in [2.24, 2.45) is 0 Å². The van der Waals surface area contributed by atoms with E-state index in [1.54, 1.807) is 12.1 Å². The normalized spacial score (nSPS) is 16.6. The van der Waals surface area contributed by atoms with Crippen LogP contribution in [-0.2, 0) is 14.9 Å². The van der Waals surface area contributed by atoms with Crippen LogP contribution in [0.1, 0.15) is 61.8 Å². The number of carbonyl (C=O) groups is 1. The van der Waals surface area contributed by atoms with E-state index in [4.69, 9.17) is 14.5 Å². The van der Waals surface area contributed by atoms with Crippen LogP contribution < -0.4 is 0 Å². The molecule has 1 saturated heterocycles. The first-order valence-corrected chi connectivity index (χ1v) is 11.6. The van der Waals surface area contributed by atoms with Gasteiger partial charge in [0.2, 0.25) is 0 Å². The SMILES string of the molecule is COC(=O)c1ccc(-c2c(C(C)(C)CC#N)nc3cc4c[nH]n(C5CCCCO5)c4cc23)cc1. The number of esters is 1. The molecule has 5 rings (SSSR count). The minimum Gasteiger partial charge on any atom is -0.465 e. The Hall–Kier alpha value is -3.63. The highest BCUT2D eigenvalue weighted by Gasteiger charge is 2.30. The summed E-state index contributed by atoms with van der Waals surface area (Å²) in [6, 6.07) is 14.0. The number of H-pyrrole nitrogens is 1. The maximum atomic E-state index is 12.0. The molecular formula is C27H28N4O3. The van der Waals surface area contributed by atoms with Gasteiger partial charge in [-0.15, -0.1) is 0 Å². The predicted molar refractivity (Wildman–Crippen MR) is 130 cm³/mol. The molecule has 2 aromatic heterocycles. The zero-order chi connectivity index (χ0) is 23.9. The van der Waals surface area contributed by atoms with Crippen molar-refractivity contribution in [1.82, 2.24) is 14.8 Å². The molecule has 3 heterocycles. The zero-order valence-corrected chi connectivity index (χ0v) is 19.7. The van der Waals surface area contributed by atoms with Crippen LogP contribution in [0.5, 0.6) is 0 Å². The molecule has 7 heteroatoms. The summed E-state index contributed by atoms with van der Waals surface area (Å²) in [5.41, 5.74) is 4.82. The van der Waals surface area contributed by atoms with E-state index in [0.29, 0.717) is 12.0 Å². The first kappa shape index (κ1) is 22.2. The lowest BCUT2D eigenvalue weighted by Crippen LogP contribution is -2.18. The van der Waals surface area contributed by atoms with Gasteiger partial charge in [0.15, 0.2) is 0 Å². The van der Waals surface area contributed by atoms with Crippen LogP contribution in [0.4, 0.5) is 0 Å². The van der Waals surface area contributed by atoms with E-state index < -0.39 is 5.41 Å². The smallest absolute Gasteiger partial charge is 0.337 e. The highest BCUT2D eigenvalue weighted by atomic mass is 16.5. The van der Waals surface area contributed by atoms with Crippen LogP contribution in [0.25, 0.3) is 32.9 Å². The number of aromatic amines is 1. The molecular weight excluding hydrogens is 428 g/mol. The fourth-order valence-electron chi connectivity index (χ4n) is 4.84. The van der Waals surface area contributed by atoms with Gasteiger partial charge in [-0.3, -0.25) is 9.67 Å². The largest absolute Gasteiger partial charge is 0.465 e. The fraction of sp³-hybridized carbons (Fsp3) is 0.370. The van der Waals surface area contributed by atoms with Crippen molar-refractivity contribution in [2.75, 3.05) is 13.7 Å². The topological polar surface area (TPSA) is 92.9 Å². The average molecular weight is 457 g/mol. The second kappa shape index (κ2) is 8.62. The summed E-state index contributed by atoms with van der Waals surface area (Å²) in [7, 11) is 1.38. The monoisotopic (exact) mass is 456 g/mol. The lowest BCUT2D eigenvalue weighted by Gasteiger charge is -2.24. The van der Waals surface area contributed by atoms with Gasteiger partial charge in [0, 0.05) is 41.0 Å². The molecule has 0 amide bonds. The van der Waals surface area contributed by atoms with Crippen LogP contribution in [0.3, 0.4) is 0 Å². The first-order chi connectivity index (χ1) is 16.4. The minimum atomic E-state index is -0.442. The minimum absolute atomic E-state index is 0.0103. The summed E-state index contributed by atoms with van der Waals surface area (Å²) in [5, 5.41) is 14.9. The summed E-state index contributed by atoms with van der Waals surface area (Å²) >= 11 is 0. The van der Waals surface area contributed by atoms with Gasteiger partial charge in [-0.05, 0) is 49.1 Å². The van der Waals surface area contributed by atoms with Gasteiger partial charge < -0.3 is 14.6 Å². The molecule has 2 aromatic carbocycles. The van der Waals surface area contributed by atoms with E-state index in [0.717, 1.165) is 64.5 Å². The van der Waals surface area contributed by atoms with Crippen LogP contribution in [0.15, 0.2) is 42.6 Å². The molecule has 1 unspecified atom stereocenters. The Morgan fingerprint density at radius 3 is 2.76 bits per heavy atom. The quantitative estimate of drug-likeness (QED) is 0.380. The van der Waals surface area contributed by atoms with Crippen molar-refractivity contribution >= 4 is 27.8 Å². The number of nitrogens with zero attached hydrogens (tertiary/aromatic N) is 3. The summed E-state index contributed by atoms with van der Waals surface area (Å²) in [6.07, 6.45) is 5.54. The Morgan fingerprint density at radius 1 is 1.29 bits per heavy atom. The lowest BCUT2D eigenvalue weighted by molar-refractivity contribution is -0.0366. The van der Waals surface area contributed by atoms with Crippen LogP contribution >= 0.6 is 0 Å². The molecule has 0 bridgehead atoms. The van der Waals surface area contributed by atoms with Crippen molar-refractivity contribution < 1.29 is 14.3 Å². The molecule has 174 valence electrons. The van der Waals surface area contributed by atoms with Crippen molar-refractivity contribution in [3.05, 3.63) is 53.9 Å². The number of carbonyl (C=O) groups excluding carboxylic acids is 1. The van der Waals surface area contributed by atoms with E-state index in [-0.39, 0.29) is 12.2 Å². The fourth-order valence-corrected chi connectivity index (χ4v) is 4.84. The second-order valence-electron chi connectivity index (χ2n) is 9.52. The standard InChI is InChI=1S/C27H28N4O3/c1-27(2,11-12-28)25-24(17-7-9-18(10-8-17)26(32)33-3)20-15-22-19(14-21(20)30-25)16-29-31(22)23-6-4-5-13-34-23/h7-10,14-16,23,29H,4-6,11,13H2,1-3H3. The Morgan fingerprint density at radius 2 is 2.09 bits per heavy atom. The molecule has 1 fully saturated rings. The van der Waals surface area contributed by atoms with Crippen molar-refractivity contribution in [3.63, 3.8) is 0 Å². The first-order valence-electron chi connectivity index (χ1n) is 11.6. The molecule has 0 spiro atoms. The lowest BCUT2D eigenvalue weighted by atomic mass is 9.82. The van der Waals surface area contributed by atoms with E-state index in [1.807, 2.05) is 32.2 Å². The third kappa shape index (κ3) is 3.74. The Balaban J connectivity index is 1.72. The summed E-state index contributed by atoms with van der Waals surface area (Å²) < 4.78 is 13.0.